The molecular formula is C16H23NO5S. The summed E-state index contributed by atoms with van der Waals surface area (Å²) in [6.07, 6.45) is 1.17. The van der Waals surface area contributed by atoms with Gasteiger partial charge in [0.1, 0.15) is 0 Å². The molecule has 0 unspecified atom stereocenters. The Balaban J connectivity index is 2.86. The highest BCUT2D eigenvalue weighted by Gasteiger charge is 2.23. The van der Waals surface area contributed by atoms with Crippen LogP contribution in [-0.2, 0) is 9.59 Å². The molecule has 0 aliphatic rings. The molecular weight excluding hydrogens is 318 g/mol. The molecule has 0 aliphatic heterocycles. The van der Waals surface area contributed by atoms with E-state index >= 15 is 0 Å². The van der Waals surface area contributed by atoms with Gasteiger partial charge < -0.3 is 20.3 Å². The van der Waals surface area contributed by atoms with Crippen molar-refractivity contribution < 1.29 is 24.2 Å². The zero-order chi connectivity index (χ0) is 17.4. The topological polar surface area (TPSA) is 98.9 Å². The molecule has 0 aromatic heterocycles. The first-order valence-electron chi connectivity index (χ1n) is 7.28. The summed E-state index contributed by atoms with van der Waals surface area (Å²) in [6.45, 7) is 1.77. The van der Waals surface area contributed by atoms with Gasteiger partial charge in [-0.2, -0.15) is 0 Å². The smallest absolute Gasteiger partial charge is 0.303 e. The predicted molar refractivity (Wildman–Crippen MR) is 89.0 cm³/mol. The van der Waals surface area contributed by atoms with Crippen molar-refractivity contribution >= 4 is 23.6 Å². The van der Waals surface area contributed by atoms with Gasteiger partial charge in [0.25, 0.3) is 0 Å². The number of thioether (sulfide) groups is 1. The Labute approximate surface area is 140 Å². The summed E-state index contributed by atoms with van der Waals surface area (Å²) in [5, 5.41) is 8.67. The number of hydrogen-bond donors (Lipinski definition) is 2. The monoisotopic (exact) mass is 341 g/mol. The predicted octanol–water partition coefficient (Wildman–Crippen LogP) is 2.54. The van der Waals surface area contributed by atoms with Gasteiger partial charge in [-0.25, -0.2) is 0 Å². The van der Waals surface area contributed by atoms with Crippen molar-refractivity contribution in [3.05, 3.63) is 18.2 Å². The van der Waals surface area contributed by atoms with Gasteiger partial charge in [-0.05, 0) is 31.0 Å². The van der Waals surface area contributed by atoms with Crippen LogP contribution in [0.1, 0.15) is 26.2 Å². The van der Waals surface area contributed by atoms with Crippen LogP contribution in [0, 0.1) is 5.92 Å². The molecule has 1 aromatic rings. The average Bonchev–Trinajstić information content (AvgIpc) is 2.52. The van der Waals surface area contributed by atoms with E-state index in [1.54, 1.807) is 27.2 Å². The standard InChI is InChI=1S/C16H23NO5S/c1-10(16(17)20)14(5-4-6-15(18)19)23-11-7-8-12(21-2)13(9-11)22-3/h7-10,14H,4-6H2,1-3H3,(H2,17,20)(H,18,19)/t10-,14+/m1/s1. The van der Waals surface area contributed by atoms with E-state index in [-0.39, 0.29) is 17.6 Å². The van der Waals surface area contributed by atoms with E-state index in [4.69, 9.17) is 20.3 Å². The van der Waals surface area contributed by atoms with Gasteiger partial charge in [-0.15, -0.1) is 11.8 Å². The largest absolute Gasteiger partial charge is 0.493 e. The first kappa shape index (κ1) is 19.2. The zero-order valence-corrected chi connectivity index (χ0v) is 14.4. The van der Waals surface area contributed by atoms with Crippen LogP contribution in [0.5, 0.6) is 11.5 Å². The highest BCUT2D eigenvalue weighted by atomic mass is 32.2. The first-order valence-corrected chi connectivity index (χ1v) is 8.16. The second-order valence-corrected chi connectivity index (χ2v) is 6.46. The lowest BCUT2D eigenvalue weighted by molar-refractivity contribution is -0.137. The van der Waals surface area contributed by atoms with E-state index in [2.05, 4.69) is 0 Å². The maximum Gasteiger partial charge on any atom is 0.303 e. The maximum atomic E-state index is 11.5. The fourth-order valence-corrected chi connectivity index (χ4v) is 3.41. The molecule has 0 radical (unpaired) electrons. The van der Waals surface area contributed by atoms with E-state index in [9.17, 15) is 9.59 Å². The number of nitrogens with two attached hydrogens (primary N) is 1. The third kappa shape index (κ3) is 6.02. The molecule has 6 nitrogen and oxygen atoms in total. The van der Waals surface area contributed by atoms with Crippen molar-refractivity contribution in [2.45, 2.75) is 36.3 Å². The fourth-order valence-electron chi connectivity index (χ4n) is 2.11. The number of amides is 1. The van der Waals surface area contributed by atoms with E-state index in [1.807, 2.05) is 12.1 Å². The van der Waals surface area contributed by atoms with Crippen molar-refractivity contribution in [1.82, 2.24) is 0 Å². The molecule has 23 heavy (non-hydrogen) atoms. The van der Waals surface area contributed by atoms with Gasteiger partial charge >= 0.3 is 5.97 Å². The Morgan fingerprint density at radius 3 is 2.43 bits per heavy atom. The van der Waals surface area contributed by atoms with Gasteiger partial charge in [0, 0.05) is 22.5 Å². The zero-order valence-electron chi connectivity index (χ0n) is 13.6. The molecule has 0 heterocycles. The lowest BCUT2D eigenvalue weighted by atomic mass is 10.0. The number of aliphatic carboxylic acids is 1. The van der Waals surface area contributed by atoms with Crippen LogP contribution in [0.25, 0.3) is 0 Å². The maximum absolute atomic E-state index is 11.5. The molecule has 2 atom stereocenters. The molecule has 1 rings (SSSR count). The molecule has 0 fully saturated rings. The van der Waals surface area contributed by atoms with Crippen LogP contribution in [0.4, 0.5) is 0 Å². The molecule has 0 aliphatic carbocycles. The molecule has 3 N–H and O–H groups in total. The van der Waals surface area contributed by atoms with Crippen LogP contribution in [0.15, 0.2) is 23.1 Å². The van der Waals surface area contributed by atoms with Crippen LogP contribution in [0.2, 0.25) is 0 Å². The van der Waals surface area contributed by atoms with E-state index < -0.39 is 11.9 Å². The van der Waals surface area contributed by atoms with Gasteiger partial charge in [-0.3, -0.25) is 9.59 Å². The highest BCUT2D eigenvalue weighted by molar-refractivity contribution is 8.00. The molecule has 0 spiro atoms. The molecule has 0 bridgehead atoms. The van der Waals surface area contributed by atoms with Crippen LogP contribution < -0.4 is 15.2 Å². The van der Waals surface area contributed by atoms with E-state index in [0.717, 1.165) is 4.90 Å². The normalized spacial score (nSPS) is 13.2. The van der Waals surface area contributed by atoms with E-state index in [0.29, 0.717) is 24.3 Å². The van der Waals surface area contributed by atoms with Gasteiger partial charge in [-0.1, -0.05) is 6.92 Å². The van der Waals surface area contributed by atoms with Crippen LogP contribution >= 0.6 is 11.8 Å². The Hall–Kier alpha value is -1.89. The summed E-state index contributed by atoms with van der Waals surface area (Å²) in [5.74, 6) is -0.359. The van der Waals surface area contributed by atoms with Crippen molar-refractivity contribution in [1.29, 1.82) is 0 Å². The third-order valence-electron chi connectivity index (χ3n) is 3.53. The summed E-state index contributed by atoms with van der Waals surface area (Å²) in [4.78, 5) is 23.1. The fraction of sp³-hybridized carbons (Fsp3) is 0.500. The number of hydrogen-bond acceptors (Lipinski definition) is 5. The SMILES string of the molecule is COc1ccc(S[C@@H](CCCC(=O)O)[C@@H](C)C(N)=O)cc1OC. The summed E-state index contributed by atoms with van der Waals surface area (Å²) >= 11 is 1.50. The second-order valence-electron chi connectivity index (χ2n) is 5.15. The van der Waals surface area contributed by atoms with Crippen molar-refractivity contribution in [2.75, 3.05) is 14.2 Å². The summed E-state index contributed by atoms with van der Waals surface area (Å²) in [6, 6.07) is 5.51. The van der Waals surface area contributed by atoms with Crippen molar-refractivity contribution in [3.63, 3.8) is 0 Å². The number of methoxy groups -OCH3 is 2. The van der Waals surface area contributed by atoms with Crippen LogP contribution in [-0.4, -0.2) is 36.5 Å². The molecule has 0 saturated carbocycles. The van der Waals surface area contributed by atoms with Gasteiger partial charge in [0.2, 0.25) is 5.91 Å². The molecule has 128 valence electrons. The molecule has 7 heteroatoms. The number of carboxylic acid groups (broad SMARTS) is 1. The van der Waals surface area contributed by atoms with Crippen LogP contribution in [0.3, 0.4) is 0 Å². The van der Waals surface area contributed by atoms with Gasteiger partial charge in [0.05, 0.1) is 14.2 Å². The number of primary amides is 1. The Morgan fingerprint density at radius 2 is 1.91 bits per heavy atom. The third-order valence-corrected chi connectivity index (χ3v) is 5.00. The number of carbonyl (C=O) groups is 2. The summed E-state index contributed by atoms with van der Waals surface area (Å²) in [5.41, 5.74) is 5.41. The lowest BCUT2D eigenvalue weighted by Gasteiger charge is -2.21. The summed E-state index contributed by atoms with van der Waals surface area (Å²) in [7, 11) is 3.12. The Kier molecular flexibility index (Phi) is 7.74. The minimum atomic E-state index is -0.841. The first-order chi connectivity index (χ1) is 10.9. The molecule has 0 saturated heterocycles. The minimum absolute atomic E-state index is 0.0779. The van der Waals surface area contributed by atoms with Crippen molar-refractivity contribution in [3.8, 4) is 11.5 Å². The van der Waals surface area contributed by atoms with E-state index in [1.165, 1.54) is 11.8 Å². The van der Waals surface area contributed by atoms with Crippen molar-refractivity contribution in [2.24, 2.45) is 11.7 Å². The second kappa shape index (κ2) is 9.29. The lowest BCUT2D eigenvalue weighted by Crippen LogP contribution is -2.29. The Bertz CT molecular complexity index is 549. The number of rotatable bonds is 10. The number of benzene rings is 1. The quantitative estimate of drug-likeness (QED) is 0.635. The Morgan fingerprint density at radius 1 is 1.26 bits per heavy atom. The molecule has 1 aromatic carbocycles. The molecule has 1 amide bonds. The minimum Gasteiger partial charge on any atom is -0.493 e. The van der Waals surface area contributed by atoms with Gasteiger partial charge in [0.15, 0.2) is 11.5 Å². The number of carboxylic acids is 1. The highest BCUT2D eigenvalue weighted by Crippen LogP contribution is 2.37. The average molecular weight is 341 g/mol. The number of carbonyl (C=O) groups excluding carboxylic acids is 1. The number of ether oxygens (including phenoxy) is 2. The summed E-state index contributed by atoms with van der Waals surface area (Å²) < 4.78 is 10.5.